The first-order valence-electron chi connectivity index (χ1n) is 6.04. The van der Waals surface area contributed by atoms with Gasteiger partial charge in [-0.15, -0.1) is 0 Å². The summed E-state index contributed by atoms with van der Waals surface area (Å²) in [6, 6.07) is 4.85. The quantitative estimate of drug-likeness (QED) is 0.736. The average Bonchev–Trinajstić information content (AvgIpc) is 2.89. The van der Waals surface area contributed by atoms with Gasteiger partial charge in [0.25, 0.3) is 11.7 Å². The monoisotopic (exact) mass is 338 g/mol. The highest BCUT2D eigenvalue weighted by atomic mass is 32.2. The average molecular weight is 338 g/mol. The Bertz CT molecular complexity index is 810. The SMILES string of the molecule is O=C(Nc1nc2ccc(SC(F)F)cc2s1)c1cnccn1. The van der Waals surface area contributed by atoms with Crippen molar-refractivity contribution < 1.29 is 13.6 Å². The van der Waals surface area contributed by atoms with E-state index in [0.717, 1.165) is 4.70 Å². The summed E-state index contributed by atoms with van der Waals surface area (Å²) in [7, 11) is 0. The summed E-state index contributed by atoms with van der Waals surface area (Å²) < 4.78 is 25.5. The molecule has 0 bridgehead atoms. The lowest BCUT2D eigenvalue weighted by Crippen LogP contribution is -2.13. The molecule has 2 aromatic heterocycles. The lowest BCUT2D eigenvalue weighted by Gasteiger charge is -1.98. The molecule has 3 aromatic rings. The summed E-state index contributed by atoms with van der Waals surface area (Å²) in [5.41, 5.74) is 0.814. The van der Waals surface area contributed by atoms with Crippen molar-refractivity contribution in [2.24, 2.45) is 0 Å². The maximum Gasteiger partial charge on any atom is 0.288 e. The molecule has 2 heterocycles. The Kier molecular flexibility index (Phi) is 4.25. The minimum absolute atomic E-state index is 0.177. The van der Waals surface area contributed by atoms with Gasteiger partial charge in [-0.25, -0.2) is 9.97 Å². The number of hydrogen-bond donors (Lipinski definition) is 1. The third kappa shape index (κ3) is 3.37. The summed E-state index contributed by atoms with van der Waals surface area (Å²) in [4.78, 5) is 24.4. The van der Waals surface area contributed by atoms with Crippen molar-refractivity contribution in [3.63, 3.8) is 0 Å². The third-order valence-corrected chi connectivity index (χ3v) is 4.24. The van der Waals surface area contributed by atoms with Gasteiger partial charge in [0, 0.05) is 17.3 Å². The van der Waals surface area contributed by atoms with Crippen LogP contribution in [0.25, 0.3) is 10.2 Å². The van der Waals surface area contributed by atoms with Crippen LogP contribution in [0.15, 0.2) is 41.7 Å². The predicted octanol–water partition coefficient (Wildman–Crippen LogP) is 3.65. The number of hydrogen-bond acceptors (Lipinski definition) is 6. The van der Waals surface area contributed by atoms with Crippen LogP contribution in [0.2, 0.25) is 0 Å². The molecule has 0 aliphatic heterocycles. The van der Waals surface area contributed by atoms with Gasteiger partial charge in [-0.2, -0.15) is 8.78 Å². The normalized spacial score (nSPS) is 11.0. The molecular weight excluding hydrogens is 330 g/mol. The number of thioether (sulfide) groups is 1. The van der Waals surface area contributed by atoms with Gasteiger partial charge in [-0.05, 0) is 18.2 Å². The third-order valence-electron chi connectivity index (χ3n) is 2.60. The number of alkyl halides is 2. The minimum Gasteiger partial charge on any atom is -0.296 e. The van der Waals surface area contributed by atoms with Gasteiger partial charge in [0.05, 0.1) is 16.4 Å². The molecular formula is C13H8F2N4OS2. The molecule has 1 aromatic carbocycles. The van der Waals surface area contributed by atoms with E-state index in [1.807, 2.05) is 0 Å². The topological polar surface area (TPSA) is 67.8 Å². The number of nitrogens with one attached hydrogen (secondary N) is 1. The molecule has 0 fully saturated rings. The molecule has 112 valence electrons. The Morgan fingerprint density at radius 3 is 2.91 bits per heavy atom. The highest BCUT2D eigenvalue weighted by Gasteiger charge is 2.12. The first-order chi connectivity index (χ1) is 10.6. The van der Waals surface area contributed by atoms with Crippen LogP contribution in [-0.4, -0.2) is 26.6 Å². The molecule has 5 nitrogen and oxygen atoms in total. The van der Waals surface area contributed by atoms with Crippen molar-refractivity contribution >= 4 is 44.4 Å². The number of thiazole rings is 1. The fourth-order valence-electron chi connectivity index (χ4n) is 1.71. The van der Waals surface area contributed by atoms with E-state index < -0.39 is 11.7 Å². The molecule has 1 N–H and O–H groups in total. The van der Waals surface area contributed by atoms with Crippen LogP contribution < -0.4 is 5.32 Å². The van der Waals surface area contributed by atoms with Crippen molar-refractivity contribution in [1.82, 2.24) is 15.0 Å². The molecule has 0 radical (unpaired) electrons. The van der Waals surface area contributed by atoms with Crippen LogP contribution in [-0.2, 0) is 0 Å². The van der Waals surface area contributed by atoms with Crippen LogP contribution >= 0.6 is 23.1 Å². The minimum atomic E-state index is -2.47. The zero-order valence-electron chi connectivity index (χ0n) is 10.9. The van der Waals surface area contributed by atoms with E-state index in [9.17, 15) is 13.6 Å². The fourth-order valence-corrected chi connectivity index (χ4v) is 3.23. The van der Waals surface area contributed by atoms with Gasteiger partial charge in [0.15, 0.2) is 5.13 Å². The number of carbonyl (C=O) groups excluding carboxylic acids is 1. The van der Waals surface area contributed by atoms with Gasteiger partial charge < -0.3 is 0 Å². The van der Waals surface area contributed by atoms with E-state index in [1.54, 1.807) is 18.2 Å². The zero-order chi connectivity index (χ0) is 15.5. The number of carbonyl (C=O) groups is 1. The number of amides is 1. The molecule has 0 atom stereocenters. The van der Waals surface area contributed by atoms with Crippen LogP contribution in [0.3, 0.4) is 0 Å². The van der Waals surface area contributed by atoms with E-state index in [-0.39, 0.29) is 5.69 Å². The van der Waals surface area contributed by atoms with Crippen LogP contribution in [0, 0.1) is 0 Å². The molecule has 22 heavy (non-hydrogen) atoms. The lowest BCUT2D eigenvalue weighted by atomic mass is 10.3. The number of fused-ring (bicyclic) bond motifs is 1. The largest absolute Gasteiger partial charge is 0.296 e. The van der Waals surface area contributed by atoms with E-state index in [0.29, 0.717) is 27.3 Å². The zero-order valence-corrected chi connectivity index (χ0v) is 12.5. The molecule has 3 rings (SSSR count). The van der Waals surface area contributed by atoms with Gasteiger partial charge in [-0.3, -0.25) is 15.1 Å². The van der Waals surface area contributed by atoms with Gasteiger partial charge in [-0.1, -0.05) is 23.1 Å². The smallest absolute Gasteiger partial charge is 0.288 e. The Labute approximate surface area is 131 Å². The van der Waals surface area contributed by atoms with E-state index in [1.165, 1.54) is 29.9 Å². The van der Waals surface area contributed by atoms with Gasteiger partial charge >= 0.3 is 0 Å². The Hall–Kier alpha value is -2.13. The van der Waals surface area contributed by atoms with E-state index >= 15 is 0 Å². The summed E-state index contributed by atoms with van der Waals surface area (Å²) in [6.07, 6.45) is 4.23. The number of anilines is 1. The molecule has 0 aliphatic carbocycles. The van der Waals surface area contributed by atoms with Crippen LogP contribution in [0.1, 0.15) is 10.5 Å². The second-order valence-corrected chi connectivity index (χ2v) is 6.17. The highest BCUT2D eigenvalue weighted by Crippen LogP contribution is 2.32. The van der Waals surface area contributed by atoms with Crippen LogP contribution in [0.5, 0.6) is 0 Å². The molecule has 0 unspecified atom stereocenters. The maximum atomic E-state index is 12.4. The second-order valence-electron chi connectivity index (χ2n) is 4.07. The highest BCUT2D eigenvalue weighted by molar-refractivity contribution is 7.99. The summed E-state index contributed by atoms with van der Waals surface area (Å²) in [5.74, 6) is -2.89. The van der Waals surface area contributed by atoms with Crippen molar-refractivity contribution in [3.8, 4) is 0 Å². The Morgan fingerprint density at radius 2 is 2.18 bits per heavy atom. The van der Waals surface area contributed by atoms with Crippen LogP contribution in [0.4, 0.5) is 13.9 Å². The van der Waals surface area contributed by atoms with Gasteiger partial charge in [0.1, 0.15) is 5.69 Å². The molecule has 9 heteroatoms. The predicted molar refractivity (Wildman–Crippen MR) is 81.5 cm³/mol. The molecule has 1 amide bonds. The molecule has 0 spiro atoms. The van der Waals surface area contributed by atoms with Gasteiger partial charge in [0.2, 0.25) is 0 Å². The van der Waals surface area contributed by atoms with Crippen molar-refractivity contribution in [3.05, 3.63) is 42.5 Å². The number of halogens is 2. The number of rotatable bonds is 4. The molecule has 0 saturated heterocycles. The number of benzene rings is 1. The van der Waals surface area contributed by atoms with Crippen molar-refractivity contribution in [2.45, 2.75) is 10.7 Å². The van der Waals surface area contributed by atoms with E-state index in [4.69, 9.17) is 0 Å². The number of aromatic nitrogens is 3. The first-order valence-corrected chi connectivity index (χ1v) is 7.74. The fraction of sp³-hybridized carbons (Fsp3) is 0.0769. The maximum absolute atomic E-state index is 12.4. The van der Waals surface area contributed by atoms with Crippen molar-refractivity contribution in [1.29, 1.82) is 0 Å². The summed E-state index contributed by atoms with van der Waals surface area (Å²) in [6.45, 7) is 0. The van der Waals surface area contributed by atoms with E-state index in [2.05, 4.69) is 20.3 Å². The summed E-state index contributed by atoms with van der Waals surface area (Å²) >= 11 is 1.69. The summed E-state index contributed by atoms with van der Waals surface area (Å²) in [5, 5.41) is 3.00. The number of nitrogens with zero attached hydrogens (tertiary/aromatic N) is 3. The lowest BCUT2D eigenvalue weighted by molar-refractivity contribution is 0.102. The molecule has 0 aliphatic rings. The molecule has 0 saturated carbocycles. The standard InChI is InChI=1S/C13H8F2N4OS2/c14-12(15)21-7-1-2-8-10(5-7)22-13(18-8)19-11(20)9-6-16-3-4-17-9/h1-6,12H,(H,18,19,20). The van der Waals surface area contributed by atoms with Crippen molar-refractivity contribution in [2.75, 3.05) is 5.32 Å². The Morgan fingerprint density at radius 1 is 1.32 bits per heavy atom. The Balaban J connectivity index is 1.81. The second kappa shape index (κ2) is 6.32. The first kappa shape index (κ1) is 14.8.